The number of amides is 1. The van der Waals surface area contributed by atoms with E-state index < -0.39 is 5.41 Å². The zero-order valence-electron chi connectivity index (χ0n) is 13.0. The molecule has 1 aliphatic rings. The number of carbonyl (C=O) groups is 2. The van der Waals surface area contributed by atoms with E-state index in [1.54, 1.807) is 11.8 Å². The molecule has 1 aromatic carbocycles. The van der Waals surface area contributed by atoms with E-state index >= 15 is 0 Å². The van der Waals surface area contributed by atoms with E-state index in [0.29, 0.717) is 26.1 Å². The summed E-state index contributed by atoms with van der Waals surface area (Å²) >= 11 is 0. The number of hydrogen-bond acceptors (Lipinski definition) is 3. The molecule has 0 heterocycles. The molecule has 1 aliphatic carbocycles. The minimum Gasteiger partial charge on any atom is -0.466 e. The van der Waals surface area contributed by atoms with Crippen molar-refractivity contribution in [2.75, 3.05) is 19.7 Å². The van der Waals surface area contributed by atoms with Crippen molar-refractivity contribution in [2.45, 2.75) is 32.6 Å². The highest BCUT2D eigenvalue weighted by Gasteiger charge is 2.66. The molecule has 21 heavy (non-hydrogen) atoms. The summed E-state index contributed by atoms with van der Waals surface area (Å²) in [5, 5.41) is 0. The third-order valence-electron chi connectivity index (χ3n) is 4.25. The zero-order chi connectivity index (χ0) is 15.5. The van der Waals surface area contributed by atoms with Crippen molar-refractivity contribution in [3.05, 3.63) is 35.9 Å². The van der Waals surface area contributed by atoms with Gasteiger partial charge in [-0.15, -0.1) is 0 Å². The minimum absolute atomic E-state index is 0.0387. The van der Waals surface area contributed by atoms with Crippen molar-refractivity contribution in [1.82, 2.24) is 4.90 Å². The SMILES string of the molecule is CCOC(=O)[C@H]1C[C@]1(C(=O)N(CC)CC)c1ccccc1. The molecule has 1 saturated carbocycles. The fourth-order valence-corrected chi connectivity index (χ4v) is 3.00. The molecule has 0 spiro atoms. The van der Waals surface area contributed by atoms with Gasteiger partial charge in [0, 0.05) is 13.1 Å². The number of ether oxygens (including phenoxy) is 1. The average Bonchev–Trinajstić information content (AvgIpc) is 3.26. The van der Waals surface area contributed by atoms with Gasteiger partial charge in [0.1, 0.15) is 0 Å². The Kier molecular flexibility index (Phi) is 4.66. The molecule has 114 valence electrons. The van der Waals surface area contributed by atoms with Gasteiger partial charge < -0.3 is 9.64 Å². The summed E-state index contributed by atoms with van der Waals surface area (Å²) in [5.41, 5.74) is 0.194. The fraction of sp³-hybridized carbons (Fsp3) is 0.529. The van der Waals surface area contributed by atoms with E-state index in [4.69, 9.17) is 4.74 Å². The van der Waals surface area contributed by atoms with Crippen LogP contribution in [0.15, 0.2) is 30.3 Å². The van der Waals surface area contributed by atoms with Crippen LogP contribution < -0.4 is 0 Å². The van der Waals surface area contributed by atoms with E-state index in [9.17, 15) is 9.59 Å². The molecule has 4 nitrogen and oxygen atoms in total. The minimum atomic E-state index is -0.723. The van der Waals surface area contributed by atoms with Gasteiger partial charge in [-0.1, -0.05) is 30.3 Å². The van der Waals surface area contributed by atoms with Crippen LogP contribution in [0, 0.1) is 5.92 Å². The number of rotatable bonds is 6. The highest BCUT2D eigenvalue weighted by Crippen LogP contribution is 2.56. The maximum absolute atomic E-state index is 12.9. The second kappa shape index (κ2) is 6.29. The Morgan fingerprint density at radius 2 is 1.81 bits per heavy atom. The highest BCUT2D eigenvalue weighted by atomic mass is 16.5. The number of hydrogen-bond donors (Lipinski definition) is 0. The Balaban J connectivity index is 2.34. The Bertz CT molecular complexity index is 510. The van der Waals surface area contributed by atoms with E-state index in [0.717, 1.165) is 5.56 Å². The molecule has 0 bridgehead atoms. The summed E-state index contributed by atoms with van der Waals surface area (Å²) in [6.07, 6.45) is 0.547. The van der Waals surface area contributed by atoms with Crippen molar-refractivity contribution in [2.24, 2.45) is 5.92 Å². The first-order valence-corrected chi connectivity index (χ1v) is 7.63. The first-order valence-electron chi connectivity index (χ1n) is 7.63. The summed E-state index contributed by atoms with van der Waals surface area (Å²) in [4.78, 5) is 26.8. The van der Waals surface area contributed by atoms with E-state index in [1.165, 1.54) is 0 Å². The van der Waals surface area contributed by atoms with Crippen LogP contribution >= 0.6 is 0 Å². The second-order valence-electron chi connectivity index (χ2n) is 5.32. The van der Waals surface area contributed by atoms with Gasteiger partial charge in [0.15, 0.2) is 0 Å². The van der Waals surface area contributed by atoms with Crippen molar-refractivity contribution in [1.29, 1.82) is 0 Å². The molecule has 0 aromatic heterocycles. The molecule has 0 aliphatic heterocycles. The maximum Gasteiger partial charge on any atom is 0.310 e. The number of likely N-dealkylation sites (N-methyl/N-ethyl adjacent to an activating group) is 1. The smallest absolute Gasteiger partial charge is 0.310 e. The quantitative estimate of drug-likeness (QED) is 0.755. The second-order valence-corrected chi connectivity index (χ2v) is 5.32. The number of benzene rings is 1. The molecular weight excluding hydrogens is 266 g/mol. The molecule has 0 N–H and O–H groups in total. The molecule has 0 unspecified atom stereocenters. The Hall–Kier alpha value is -1.84. The molecule has 2 rings (SSSR count). The average molecular weight is 289 g/mol. The van der Waals surface area contributed by atoms with Crippen molar-refractivity contribution in [3.8, 4) is 0 Å². The normalized spacial score (nSPS) is 23.5. The van der Waals surface area contributed by atoms with Gasteiger partial charge in [-0.2, -0.15) is 0 Å². The largest absolute Gasteiger partial charge is 0.466 e. The van der Waals surface area contributed by atoms with E-state index in [1.807, 2.05) is 44.2 Å². The van der Waals surface area contributed by atoms with Crippen LogP contribution in [0.5, 0.6) is 0 Å². The predicted octanol–water partition coefficient (Wildman–Crippen LogP) is 2.38. The summed E-state index contributed by atoms with van der Waals surface area (Å²) in [6, 6.07) is 9.60. The van der Waals surface area contributed by atoms with Gasteiger partial charge in [-0.25, -0.2) is 0 Å². The van der Waals surface area contributed by atoms with Crippen LogP contribution in [0.25, 0.3) is 0 Å². The number of carbonyl (C=O) groups excluding carboxylic acids is 2. The number of nitrogens with zero attached hydrogens (tertiary/aromatic N) is 1. The molecule has 1 fully saturated rings. The van der Waals surface area contributed by atoms with E-state index in [-0.39, 0.29) is 17.8 Å². The van der Waals surface area contributed by atoms with Gasteiger partial charge in [0.05, 0.1) is 17.9 Å². The fourth-order valence-electron chi connectivity index (χ4n) is 3.00. The first kappa shape index (κ1) is 15.5. The van der Waals surface area contributed by atoms with Crippen LogP contribution in [0.3, 0.4) is 0 Å². The lowest BCUT2D eigenvalue weighted by Gasteiger charge is -2.26. The maximum atomic E-state index is 12.9. The molecular formula is C17H23NO3. The van der Waals surface area contributed by atoms with Gasteiger partial charge in [-0.3, -0.25) is 9.59 Å². The van der Waals surface area contributed by atoms with Gasteiger partial charge in [-0.05, 0) is 32.8 Å². The molecule has 1 aromatic rings. The predicted molar refractivity (Wildman–Crippen MR) is 80.8 cm³/mol. The van der Waals surface area contributed by atoms with Gasteiger partial charge in [0.2, 0.25) is 5.91 Å². The van der Waals surface area contributed by atoms with Crippen LogP contribution in [-0.2, 0) is 19.7 Å². The number of esters is 1. The molecule has 4 heteroatoms. The molecule has 0 saturated heterocycles. The Morgan fingerprint density at radius 1 is 1.19 bits per heavy atom. The zero-order valence-corrected chi connectivity index (χ0v) is 13.0. The lowest BCUT2D eigenvalue weighted by Crippen LogP contribution is -2.41. The molecule has 1 amide bonds. The van der Waals surface area contributed by atoms with Crippen LogP contribution in [-0.4, -0.2) is 36.5 Å². The topological polar surface area (TPSA) is 46.6 Å². The van der Waals surface area contributed by atoms with Crippen molar-refractivity contribution >= 4 is 11.9 Å². The Morgan fingerprint density at radius 3 is 2.33 bits per heavy atom. The highest BCUT2D eigenvalue weighted by molar-refractivity contribution is 5.99. The van der Waals surface area contributed by atoms with Crippen LogP contribution in [0.4, 0.5) is 0 Å². The summed E-state index contributed by atoms with van der Waals surface area (Å²) in [7, 11) is 0. The van der Waals surface area contributed by atoms with Gasteiger partial charge in [0.25, 0.3) is 0 Å². The third kappa shape index (κ3) is 2.67. The molecule has 2 atom stereocenters. The third-order valence-corrected chi connectivity index (χ3v) is 4.25. The molecule has 0 radical (unpaired) electrons. The standard InChI is InChI=1S/C17H23NO3/c1-4-18(5-2)16(20)17(13-10-8-7-9-11-13)12-14(17)15(19)21-6-3/h7-11,14H,4-6,12H2,1-3H3/t14-,17+/m1/s1. The first-order chi connectivity index (χ1) is 10.1. The monoisotopic (exact) mass is 289 g/mol. The van der Waals surface area contributed by atoms with Crippen molar-refractivity contribution in [3.63, 3.8) is 0 Å². The summed E-state index contributed by atoms with van der Waals surface area (Å²) in [6.45, 7) is 7.36. The summed E-state index contributed by atoms with van der Waals surface area (Å²) in [5.74, 6) is -0.577. The summed E-state index contributed by atoms with van der Waals surface area (Å²) < 4.78 is 5.13. The lowest BCUT2D eigenvalue weighted by molar-refractivity contribution is -0.147. The lowest BCUT2D eigenvalue weighted by atomic mass is 9.91. The van der Waals surface area contributed by atoms with Crippen molar-refractivity contribution < 1.29 is 14.3 Å². The van der Waals surface area contributed by atoms with Gasteiger partial charge >= 0.3 is 5.97 Å². The Labute approximate surface area is 126 Å². The van der Waals surface area contributed by atoms with Crippen LogP contribution in [0.2, 0.25) is 0 Å². The van der Waals surface area contributed by atoms with Crippen LogP contribution in [0.1, 0.15) is 32.8 Å². The van der Waals surface area contributed by atoms with E-state index in [2.05, 4.69) is 0 Å².